The highest BCUT2D eigenvalue weighted by molar-refractivity contribution is 5.84. The number of amides is 1. The number of nitrogens with one attached hydrogen (secondary N) is 1. The van der Waals surface area contributed by atoms with Gasteiger partial charge in [0.1, 0.15) is 0 Å². The summed E-state index contributed by atoms with van der Waals surface area (Å²) < 4.78 is 5.63. The van der Waals surface area contributed by atoms with Gasteiger partial charge in [0.25, 0.3) is 0 Å². The monoisotopic (exact) mass is 419 g/mol. The second-order valence-electron chi connectivity index (χ2n) is 9.34. The van der Waals surface area contributed by atoms with Crippen LogP contribution in [-0.2, 0) is 14.9 Å². The van der Waals surface area contributed by atoms with Gasteiger partial charge >= 0.3 is 0 Å². The summed E-state index contributed by atoms with van der Waals surface area (Å²) >= 11 is 0. The molecule has 0 bridgehead atoms. The zero-order chi connectivity index (χ0) is 21.1. The highest BCUT2D eigenvalue weighted by Gasteiger charge is 2.35. The summed E-state index contributed by atoms with van der Waals surface area (Å²) in [5, 5.41) is 3.27. The van der Waals surface area contributed by atoms with Crippen molar-refractivity contribution in [1.82, 2.24) is 5.32 Å². The first-order valence-corrected chi connectivity index (χ1v) is 11.7. The summed E-state index contributed by atoms with van der Waals surface area (Å²) in [7, 11) is 0. The van der Waals surface area contributed by atoms with Crippen LogP contribution in [0.3, 0.4) is 0 Å². The smallest absolute Gasteiger partial charge is 0.239 e. The number of hydrogen-bond donors (Lipinski definition) is 1. The lowest BCUT2D eigenvalue weighted by Gasteiger charge is -2.40. The second kappa shape index (κ2) is 8.91. The molecule has 5 nitrogen and oxygen atoms in total. The van der Waals surface area contributed by atoms with Gasteiger partial charge in [0, 0.05) is 44.8 Å². The number of nitrogens with zero attached hydrogens (tertiary/aromatic N) is 2. The number of hydrogen-bond acceptors (Lipinski definition) is 4. The van der Waals surface area contributed by atoms with Gasteiger partial charge in [-0.15, -0.1) is 0 Å². The molecule has 0 radical (unpaired) electrons. The van der Waals surface area contributed by atoms with Crippen molar-refractivity contribution in [2.75, 3.05) is 55.7 Å². The molecule has 2 aromatic rings. The van der Waals surface area contributed by atoms with E-state index in [2.05, 4.69) is 69.7 Å². The van der Waals surface area contributed by atoms with E-state index in [4.69, 9.17) is 4.74 Å². The summed E-state index contributed by atoms with van der Waals surface area (Å²) in [4.78, 5) is 17.8. The first-order valence-electron chi connectivity index (χ1n) is 11.7. The van der Waals surface area contributed by atoms with E-state index in [1.54, 1.807) is 0 Å². The Bertz CT molecular complexity index is 891. The first kappa shape index (κ1) is 20.4. The van der Waals surface area contributed by atoms with E-state index < -0.39 is 0 Å². The summed E-state index contributed by atoms with van der Waals surface area (Å²) in [5.41, 5.74) is 3.74. The SMILES string of the molecule is O=C(CN1CCN(CC2CC2)c2ccccc21)NCC1(c2ccccc2)CCOCC1. The largest absolute Gasteiger partial charge is 0.381 e. The molecule has 0 aromatic heterocycles. The fraction of sp³-hybridized carbons (Fsp3) is 0.500. The minimum atomic E-state index is -0.0317. The van der Waals surface area contributed by atoms with E-state index in [1.165, 1.54) is 29.8 Å². The van der Waals surface area contributed by atoms with Gasteiger partial charge in [0.05, 0.1) is 17.9 Å². The van der Waals surface area contributed by atoms with E-state index in [-0.39, 0.29) is 11.3 Å². The van der Waals surface area contributed by atoms with Crippen molar-refractivity contribution < 1.29 is 9.53 Å². The lowest BCUT2D eigenvalue weighted by atomic mass is 9.74. The third-order valence-electron chi connectivity index (χ3n) is 7.17. The van der Waals surface area contributed by atoms with Crippen LogP contribution >= 0.6 is 0 Å². The van der Waals surface area contributed by atoms with Gasteiger partial charge in [-0.2, -0.15) is 0 Å². The summed E-state index contributed by atoms with van der Waals surface area (Å²) in [6.07, 6.45) is 4.61. The number of ether oxygens (including phenoxy) is 1. The van der Waals surface area contributed by atoms with E-state index >= 15 is 0 Å². The second-order valence-corrected chi connectivity index (χ2v) is 9.34. The Morgan fingerprint density at radius 2 is 1.58 bits per heavy atom. The quantitative estimate of drug-likeness (QED) is 0.745. The van der Waals surface area contributed by atoms with Crippen molar-refractivity contribution in [1.29, 1.82) is 0 Å². The molecule has 5 heteroatoms. The Hall–Kier alpha value is -2.53. The lowest BCUT2D eigenvalue weighted by Crippen LogP contribution is -2.49. The Labute approximate surface area is 185 Å². The van der Waals surface area contributed by atoms with Gasteiger partial charge in [-0.3, -0.25) is 4.79 Å². The van der Waals surface area contributed by atoms with Gasteiger partial charge in [-0.05, 0) is 49.3 Å². The first-order chi connectivity index (χ1) is 15.2. The molecule has 2 heterocycles. The molecule has 31 heavy (non-hydrogen) atoms. The minimum absolute atomic E-state index is 0.0317. The highest BCUT2D eigenvalue weighted by atomic mass is 16.5. The van der Waals surface area contributed by atoms with Crippen LogP contribution < -0.4 is 15.1 Å². The predicted octanol–water partition coefficient (Wildman–Crippen LogP) is 3.59. The molecule has 0 unspecified atom stereocenters. The topological polar surface area (TPSA) is 44.8 Å². The van der Waals surface area contributed by atoms with E-state index in [1.807, 2.05) is 0 Å². The molecule has 164 valence electrons. The standard InChI is InChI=1S/C26H33N3O2/c30-25(27-20-26(12-16-31-17-13-26)22-6-2-1-3-7-22)19-29-15-14-28(18-21-10-11-21)23-8-4-5-9-24(23)29/h1-9,21H,10-20H2,(H,27,30). The molecule has 0 atom stereocenters. The van der Waals surface area contributed by atoms with Gasteiger partial charge < -0.3 is 19.9 Å². The van der Waals surface area contributed by atoms with Gasteiger partial charge in [0.15, 0.2) is 0 Å². The Morgan fingerprint density at radius 3 is 2.29 bits per heavy atom. The number of carbonyl (C=O) groups is 1. The molecule has 2 aromatic carbocycles. The van der Waals surface area contributed by atoms with Crippen molar-refractivity contribution in [3.8, 4) is 0 Å². The van der Waals surface area contributed by atoms with E-state index in [0.29, 0.717) is 13.1 Å². The molecule has 3 aliphatic rings. The van der Waals surface area contributed by atoms with Crippen LogP contribution in [0.4, 0.5) is 11.4 Å². The maximum Gasteiger partial charge on any atom is 0.239 e. The van der Waals surface area contributed by atoms with Crippen LogP contribution in [0.15, 0.2) is 54.6 Å². The average molecular weight is 420 g/mol. The van der Waals surface area contributed by atoms with Crippen molar-refractivity contribution in [2.45, 2.75) is 31.1 Å². The van der Waals surface area contributed by atoms with Crippen LogP contribution in [0, 0.1) is 5.92 Å². The molecule has 5 rings (SSSR count). The number of rotatable bonds is 7. The number of benzene rings is 2. The normalized spacial score (nSPS) is 20.3. The molecule has 1 aliphatic carbocycles. The summed E-state index contributed by atoms with van der Waals surface area (Å²) in [5.74, 6) is 0.962. The minimum Gasteiger partial charge on any atom is -0.381 e. The summed E-state index contributed by atoms with van der Waals surface area (Å²) in [6, 6.07) is 19.2. The van der Waals surface area contributed by atoms with Gasteiger partial charge in [-0.25, -0.2) is 0 Å². The summed E-state index contributed by atoms with van der Waals surface area (Å²) in [6.45, 7) is 5.62. The van der Waals surface area contributed by atoms with E-state index in [9.17, 15) is 4.79 Å². The van der Waals surface area contributed by atoms with Gasteiger partial charge in [-0.1, -0.05) is 42.5 Å². The van der Waals surface area contributed by atoms with Crippen molar-refractivity contribution >= 4 is 17.3 Å². The molecule has 0 spiro atoms. The molecule has 1 saturated carbocycles. The van der Waals surface area contributed by atoms with Crippen LogP contribution in [0.5, 0.6) is 0 Å². The fourth-order valence-corrected chi connectivity index (χ4v) is 5.07. The number of anilines is 2. The number of para-hydroxylation sites is 2. The Balaban J connectivity index is 1.25. The predicted molar refractivity (Wildman–Crippen MR) is 125 cm³/mol. The molecular weight excluding hydrogens is 386 g/mol. The Morgan fingerprint density at radius 1 is 0.935 bits per heavy atom. The molecule has 1 N–H and O–H groups in total. The zero-order valence-corrected chi connectivity index (χ0v) is 18.3. The maximum absolute atomic E-state index is 13.0. The van der Waals surface area contributed by atoms with Crippen LogP contribution in [0.2, 0.25) is 0 Å². The van der Waals surface area contributed by atoms with Gasteiger partial charge in [0.2, 0.25) is 5.91 Å². The average Bonchev–Trinajstić information content (AvgIpc) is 3.65. The third kappa shape index (κ3) is 4.57. The highest BCUT2D eigenvalue weighted by Crippen LogP contribution is 2.37. The van der Waals surface area contributed by atoms with Crippen LogP contribution in [0.25, 0.3) is 0 Å². The molecule has 1 saturated heterocycles. The van der Waals surface area contributed by atoms with Crippen molar-refractivity contribution in [2.24, 2.45) is 5.92 Å². The molecular formula is C26H33N3O2. The van der Waals surface area contributed by atoms with E-state index in [0.717, 1.165) is 51.6 Å². The van der Waals surface area contributed by atoms with Crippen LogP contribution in [0.1, 0.15) is 31.2 Å². The van der Waals surface area contributed by atoms with Crippen LogP contribution in [-0.4, -0.2) is 51.8 Å². The lowest BCUT2D eigenvalue weighted by molar-refractivity contribution is -0.120. The molecule has 2 fully saturated rings. The Kier molecular flexibility index (Phi) is 5.86. The molecule has 1 amide bonds. The maximum atomic E-state index is 13.0. The molecule has 2 aliphatic heterocycles. The number of fused-ring (bicyclic) bond motifs is 1. The van der Waals surface area contributed by atoms with Crippen molar-refractivity contribution in [3.05, 3.63) is 60.2 Å². The fourth-order valence-electron chi connectivity index (χ4n) is 5.07. The number of carbonyl (C=O) groups excluding carboxylic acids is 1. The van der Waals surface area contributed by atoms with Crippen molar-refractivity contribution in [3.63, 3.8) is 0 Å². The zero-order valence-electron chi connectivity index (χ0n) is 18.3. The third-order valence-corrected chi connectivity index (χ3v) is 7.17.